The Bertz CT molecular complexity index is 758. The molecule has 0 aliphatic carbocycles. The molecule has 0 aliphatic heterocycles. The molecular formula is C16H13ClNS+. The third kappa shape index (κ3) is 2.55. The first-order valence-corrected chi connectivity index (χ1v) is 7.25. The van der Waals surface area contributed by atoms with Crippen LogP contribution in [0.5, 0.6) is 0 Å². The molecular weight excluding hydrogens is 274 g/mol. The predicted octanol–water partition coefficient (Wildman–Crippen LogP) is 4.55. The summed E-state index contributed by atoms with van der Waals surface area (Å²) in [5, 5.41) is 1.25. The maximum atomic E-state index is 5.93. The Kier molecular flexibility index (Phi) is 3.36. The number of thiophene rings is 1. The van der Waals surface area contributed by atoms with E-state index in [1.807, 2.05) is 12.1 Å². The minimum absolute atomic E-state index is 0.822. The van der Waals surface area contributed by atoms with Crippen LogP contribution in [0.15, 0.2) is 48.5 Å². The van der Waals surface area contributed by atoms with E-state index in [1.165, 1.54) is 16.6 Å². The van der Waals surface area contributed by atoms with E-state index >= 15 is 0 Å². The Morgan fingerprint density at radius 2 is 1.84 bits per heavy atom. The van der Waals surface area contributed by atoms with Crippen molar-refractivity contribution in [2.45, 2.75) is 0 Å². The van der Waals surface area contributed by atoms with Crippen LogP contribution >= 0.6 is 22.9 Å². The number of fused-ring (bicyclic) bond motifs is 1. The van der Waals surface area contributed by atoms with Gasteiger partial charge in [0, 0.05) is 28.5 Å². The Balaban J connectivity index is 2.01. The van der Waals surface area contributed by atoms with Gasteiger partial charge in [0.05, 0.1) is 4.34 Å². The quantitative estimate of drug-likeness (QED) is 0.609. The van der Waals surface area contributed by atoms with E-state index in [0.717, 1.165) is 9.21 Å². The summed E-state index contributed by atoms with van der Waals surface area (Å²) in [6, 6.07) is 16.6. The Labute approximate surface area is 121 Å². The zero-order valence-corrected chi connectivity index (χ0v) is 12.1. The summed E-state index contributed by atoms with van der Waals surface area (Å²) >= 11 is 7.52. The molecule has 3 heteroatoms. The zero-order chi connectivity index (χ0) is 13.2. The van der Waals surface area contributed by atoms with Gasteiger partial charge in [-0.3, -0.25) is 0 Å². The predicted molar refractivity (Wildman–Crippen MR) is 83.4 cm³/mol. The van der Waals surface area contributed by atoms with Gasteiger partial charge in [-0.1, -0.05) is 23.7 Å². The lowest BCUT2D eigenvalue weighted by Crippen LogP contribution is -2.32. The smallest absolute Gasteiger partial charge is 0.195 e. The maximum Gasteiger partial charge on any atom is 0.212 e. The van der Waals surface area contributed by atoms with Gasteiger partial charge in [-0.05, 0) is 30.3 Å². The minimum atomic E-state index is 0.822. The van der Waals surface area contributed by atoms with Crippen LogP contribution in [0.2, 0.25) is 4.34 Å². The molecule has 0 spiro atoms. The zero-order valence-electron chi connectivity index (χ0n) is 10.5. The van der Waals surface area contributed by atoms with Crippen molar-refractivity contribution in [1.82, 2.24) is 0 Å². The molecule has 19 heavy (non-hydrogen) atoms. The van der Waals surface area contributed by atoms with E-state index in [0.29, 0.717) is 0 Å². The highest BCUT2D eigenvalue weighted by molar-refractivity contribution is 7.17. The first kappa shape index (κ1) is 12.4. The summed E-state index contributed by atoms with van der Waals surface area (Å²) in [4.78, 5) is 1.16. The molecule has 0 N–H and O–H groups in total. The molecule has 0 fully saturated rings. The van der Waals surface area contributed by atoms with Crippen molar-refractivity contribution in [2.75, 3.05) is 0 Å². The second-order valence-corrected chi connectivity index (χ2v) is 6.10. The van der Waals surface area contributed by atoms with Crippen LogP contribution in [0.4, 0.5) is 0 Å². The van der Waals surface area contributed by atoms with E-state index in [4.69, 9.17) is 11.6 Å². The molecule has 0 amide bonds. The number of hydrogen-bond donors (Lipinski definition) is 0. The highest BCUT2D eigenvalue weighted by Crippen LogP contribution is 2.23. The van der Waals surface area contributed by atoms with Gasteiger partial charge in [0.1, 0.15) is 7.05 Å². The van der Waals surface area contributed by atoms with E-state index < -0.39 is 0 Å². The summed E-state index contributed by atoms with van der Waals surface area (Å²) in [6.45, 7) is 0. The number of hydrogen-bond acceptors (Lipinski definition) is 1. The van der Waals surface area contributed by atoms with E-state index in [-0.39, 0.29) is 0 Å². The molecule has 3 aromatic rings. The Morgan fingerprint density at radius 1 is 1.00 bits per heavy atom. The third-order valence-corrected chi connectivity index (χ3v) is 4.33. The maximum absolute atomic E-state index is 5.93. The van der Waals surface area contributed by atoms with Crippen molar-refractivity contribution in [3.63, 3.8) is 0 Å². The SMILES string of the molecule is C[n+]1c(/C=C/c2ccc(Cl)s2)ccc2ccccc21. The topological polar surface area (TPSA) is 3.88 Å². The van der Waals surface area contributed by atoms with Gasteiger partial charge >= 0.3 is 0 Å². The number of aryl methyl sites for hydroxylation is 1. The summed E-state index contributed by atoms with van der Waals surface area (Å²) < 4.78 is 3.02. The van der Waals surface area contributed by atoms with Crippen LogP contribution in [0, 0.1) is 0 Å². The highest BCUT2D eigenvalue weighted by atomic mass is 35.5. The first-order chi connectivity index (χ1) is 9.24. The van der Waals surface area contributed by atoms with Crippen molar-refractivity contribution < 1.29 is 4.57 Å². The summed E-state index contributed by atoms with van der Waals surface area (Å²) in [6.07, 6.45) is 4.22. The van der Waals surface area contributed by atoms with Crippen LogP contribution in [0.3, 0.4) is 0 Å². The lowest BCUT2D eigenvalue weighted by atomic mass is 10.2. The number of pyridine rings is 1. The molecule has 0 radical (unpaired) electrons. The average Bonchev–Trinajstić information content (AvgIpc) is 2.84. The molecule has 3 rings (SSSR count). The Morgan fingerprint density at radius 3 is 2.63 bits per heavy atom. The molecule has 0 bridgehead atoms. The molecule has 0 aliphatic rings. The normalized spacial score (nSPS) is 11.5. The largest absolute Gasteiger partial charge is 0.212 e. The number of benzene rings is 1. The second kappa shape index (κ2) is 5.16. The fourth-order valence-corrected chi connectivity index (χ4v) is 3.08. The van der Waals surface area contributed by atoms with Gasteiger partial charge in [-0.25, -0.2) is 0 Å². The van der Waals surface area contributed by atoms with Gasteiger partial charge < -0.3 is 0 Å². The fraction of sp³-hybridized carbons (Fsp3) is 0.0625. The van der Waals surface area contributed by atoms with Crippen molar-refractivity contribution in [3.8, 4) is 0 Å². The van der Waals surface area contributed by atoms with Crippen molar-refractivity contribution in [3.05, 3.63) is 63.4 Å². The molecule has 1 aromatic carbocycles. The number of para-hydroxylation sites is 1. The molecule has 1 nitrogen and oxygen atoms in total. The van der Waals surface area contributed by atoms with E-state index in [1.54, 1.807) is 11.3 Å². The summed E-state index contributed by atoms with van der Waals surface area (Å²) in [5.41, 5.74) is 2.40. The fourth-order valence-electron chi connectivity index (χ4n) is 2.11. The van der Waals surface area contributed by atoms with Crippen LogP contribution in [-0.4, -0.2) is 0 Å². The van der Waals surface area contributed by atoms with Crippen molar-refractivity contribution in [2.24, 2.45) is 7.05 Å². The number of halogens is 1. The molecule has 0 unspecified atom stereocenters. The first-order valence-electron chi connectivity index (χ1n) is 6.05. The lowest BCUT2D eigenvalue weighted by Gasteiger charge is -1.99. The number of nitrogens with zero attached hydrogens (tertiary/aromatic N) is 1. The minimum Gasteiger partial charge on any atom is -0.195 e. The highest BCUT2D eigenvalue weighted by Gasteiger charge is 2.08. The molecule has 2 heterocycles. The van der Waals surface area contributed by atoms with Crippen LogP contribution in [-0.2, 0) is 7.05 Å². The molecule has 0 atom stereocenters. The molecule has 2 aromatic heterocycles. The summed E-state index contributed by atoms with van der Waals surface area (Å²) in [5.74, 6) is 0. The van der Waals surface area contributed by atoms with E-state index in [2.05, 4.69) is 60.2 Å². The summed E-state index contributed by atoms with van der Waals surface area (Å²) in [7, 11) is 2.09. The second-order valence-electron chi connectivity index (χ2n) is 4.35. The Hall–Kier alpha value is -1.64. The van der Waals surface area contributed by atoms with Gasteiger partial charge in [0.25, 0.3) is 0 Å². The van der Waals surface area contributed by atoms with Crippen molar-refractivity contribution >= 4 is 46.0 Å². The van der Waals surface area contributed by atoms with Crippen LogP contribution in [0.25, 0.3) is 23.1 Å². The van der Waals surface area contributed by atoms with E-state index in [9.17, 15) is 0 Å². The standard InChI is InChI=1S/C16H13ClNS/c1-18-13(8-9-14-10-11-16(17)19-14)7-6-12-4-2-3-5-15(12)18/h2-11H,1H3/q+1/b9-8+. The van der Waals surface area contributed by atoms with Gasteiger partial charge in [-0.2, -0.15) is 4.57 Å². The van der Waals surface area contributed by atoms with Gasteiger partial charge in [0.2, 0.25) is 11.2 Å². The molecule has 0 saturated heterocycles. The average molecular weight is 287 g/mol. The number of rotatable bonds is 2. The van der Waals surface area contributed by atoms with Crippen LogP contribution in [0.1, 0.15) is 10.6 Å². The molecule has 0 saturated carbocycles. The van der Waals surface area contributed by atoms with Gasteiger partial charge in [-0.15, -0.1) is 11.3 Å². The molecule has 94 valence electrons. The van der Waals surface area contributed by atoms with Gasteiger partial charge in [0.15, 0.2) is 0 Å². The number of aromatic nitrogens is 1. The lowest BCUT2D eigenvalue weighted by molar-refractivity contribution is -0.646. The van der Waals surface area contributed by atoms with Crippen molar-refractivity contribution in [1.29, 1.82) is 0 Å². The van der Waals surface area contributed by atoms with Crippen LogP contribution < -0.4 is 4.57 Å². The third-order valence-electron chi connectivity index (χ3n) is 3.13. The monoisotopic (exact) mass is 286 g/mol.